The number of aromatic nitrogens is 1. The van der Waals surface area contributed by atoms with E-state index in [1.54, 1.807) is 18.4 Å². The summed E-state index contributed by atoms with van der Waals surface area (Å²) in [6.45, 7) is 3.80. The van der Waals surface area contributed by atoms with Gasteiger partial charge < -0.3 is 10.6 Å². The van der Waals surface area contributed by atoms with E-state index in [1.165, 1.54) is 10.4 Å². The molecule has 6 heteroatoms. The number of guanidine groups is 1. The minimum atomic E-state index is 0. The van der Waals surface area contributed by atoms with Crippen LogP contribution in [0.4, 0.5) is 0 Å². The molecule has 0 amide bonds. The lowest BCUT2D eigenvalue weighted by molar-refractivity contribution is 0.708. The van der Waals surface area contributed by atoms with E-state index < -0.39 is 0 Å². The maximum Gasteiger partial charge on any atom is 0.191 e. The average Bonchev–Trinajstić information content (AvgIpc) is 3.24. The highest BCUT2D eigenvalue weighted by Gasteiger charge is 2.07. The van der Waals surface area contributed by atoms with Gasteiger partial charge in [-0.15, -0.1) is 35.3 Å². The number of thiophene rings is 1. The van der Waals surface area contributed by atoms with E-state index in [-0.39, 0.29) is 24.0 Å². The number of nitrogens with zero attached hydrogens (tertiary/aromatic N) is 2. The highest BCUT2D eigenvalue weighted by molar-refractivity contribution is 14.0. The number of nitrogens with one attached hydrogen (secondary N) is 2. The smallest absolute Gasteiger partial charge is 0.191 e. The molecule has 0 radical (unpaired) electrons. The average molecular weight is 492 g/mol. The quantitative estimate of drug-likeness (QED) is 0.293. The first-order valence-electron chi connectivity index (χ1n) is 8.74. The van der Waals surface area contributed by atoms with Gasteiger partial charge in [-0.05, 0) is 35.2 Å². The Hall–Kier alpha value is -1.93. The Morgan fingerprint density at radius 2 is 2.00 bits per heavy atom. The van der Waals surface area contributed by atoms with Crippen LogP contribution in [0.2, 0.25) is 0 Å². The maximum absolute atomic E-state index is 4.42. The van der Waals surface area contributed by atoms with Crippen LogP contribution < -0.4 is 10.6 Å². The van der Waals surface area contributed by atoms with Crippen molar-refractivity contribution in [3.05, 3.63) is 76.6 Å². The van der Waals surface area contributed by atoms with E-state index in [0.29, 0.717) is 12.5 Å². The van der Waals surface area contributed by atoms with E-state index in [9.17, 15) is 0 Å². The van der Waals surface area contributed by atoms with Crippen molar-refractivity contribution in [2.24, 2.45) is 4.99 Å². The zero-order valence-corrected chi connectivity index (χ0v) is 18.7. The van der Waals surface area contributed by atoms with E-state index in [1.807, 2.05) is 24.4 Å². The number of hydrogen-bond acceptors (Lipinski definition) is 3. The van der Waals surface area contributed by atoms with Crippen LogP contribution >= 0.6 is 35.3 Å². The largest absolute Gasteiger partial charge is 0.356 e. The summed E-state index contributed by atoms with van der Waals surface area (Å²) >= 11 is 1.79. The van der Waals surface area contributed by atoms with Crippen LogP contribution in [-0.4, -0.2) is 24.5 Å². The van der Waals surface area contributed by atoms with Crippen LogP contribution in [0.15, 0.2) is 71.2 Å². The molecule has 1 atom stereocenters. The van der Waals surface area contributed by atoms with Crippen LogP contribution in [0.5, 0.6) is 0 Å². The van der Waals surface area contributed by atoms with Gasteiger partial charge in [-0.2, -0.15) is 0 Å². The maximum atomic E-state index is 4.42. The Morgan fingerprint density at radius 3 is 2.70 bits per heavy atom. The zero-order valence-electron chi connectivity index (χ0n) is 15.6. The summed E-state index contributed by atoms with van der Waals surface area (Å²) < 4.78 is 0. The second-order valence-corrected chi connectivity index (χ2v) is 7.12. The Labute approximate surface area is 182 Å². The lowest BCUT2D eigenvalue weighted by atomic mass is 10.1. The predicted octanol–water partition coefficient (Wildman–Crippen LogP) is 4.90. The second kappa shape index (κ2) is 11.0. The first kappa shape index (κ1) is 21.4. The molecule has 3 rings (SSSR count). The summed E-state index contributed by atoms with van der Waals surface area (Å²) in [6, 6.07) is 18.7. The third kappa shape index (κ3) is 6.32. The summed E-state index contributed by atoms with van der Waals surface area (Å²) in [7, 11) is 1.80. The molecular weight excluding hydrogens is 467 g/mol. The van der Waals surface area contributed by atoms with E-state index in [4.69, 9.17) is 0 Å². The Bertz CT molecular complexity index is 834. The van der Waals surface area contributed by atoms with Crippen molar-refractivity contribution in [2.75, 3.05) is 13.6 Å². The van der Waals surface area contributed by atoms with Crippen molar-refractivity contribution in [3.8, 4) is 11.3 Å². The molecule has 0 saturated carbocycles. The lowest BCUT2D eigenvalue weighted by Gasteiger charge is -2.15. The third-order valence-electron chi connectivity index (χ3n) is 4.18. The molecule has 0 bridgehead atoms. The lowest BCUT2D eigenvalue weighted by Crippen LogP contribution is -2.38. The normalized spacial score (nSPS) is 12.1. The van der Waals surface area contributed by atoms with Gasteiger partial charge >= 0.3 is 0 Å². The molecule has 0 aliphatic rings. The van der Waals surface area contributed by atoms with E-state index in [2.05, 4.69) is 69.3 Å². The number of rotatable bonds is 6. The van der Waals surface area contributed by atoms with Gasteiger partial charge in [-0.25, -0.2) is 0 Å². The minimum Gasteiger partial charge on any atom is -0.356 e. The SMILES string of the molecule is CN=C(NCc1cccc(-c2ccccn2)c1)NCC(C)c1cccs1.I. The molecule has 0 fully saturated rings. The standard InChI is InChI=1S/C21H24N4S.HI/c1-16(20-10-6-12-26-20)14-24-21(22-2)25-15-17-7-5-8-18(13-17)19-9-3-4-11-23-19;/h3-13,16H,14-15H2,1-2H3,(H2,22,24,25);1H. The third-order valence-corrected chi connectivity index (χ3v) is 5.28. The highest BCUT2D eigenvalue weighted by Crippen LogP contribution is 2.20. The molecule has 0 saturated heterocycles. The fourth-order valence-electron chi connectivity index (χ4n) is 2.70. The monoisotopic (exact) mass is 492 g/mol. The number of hydrogen-bond donors (Lipinski definition) is 2. The van der Waals surface area contributed by atoms with E-state index in [0.717, 1.165) is 23.8 Å². The van der Waals surface area contributed by atoms with Crippen LogP contribution in [0.1, 0.15) is 23.3 Å². The number of benzene rings is 1. The number of aliphatic imine (C=N–C) groups is 1. The predicted molar refractivity (Wildman–Crippen MR) is 126 cm³/mol. The Balaban J connectivity index is 0.00000261. The van der Waals surface area contributed by atoms with Crippen LogP contribution in [0.3, 0.4) is 0 Å². The molecule has 0 spiro atoms. The van der Waals surface area contributed by atoms with E-state index >= 15 is 0 Å². The van der Waals surface area contributed by atoms with Gasteiger partial charge in [-0.1, -0.05) is 37.3 Å². The second-order valence-electron chi connectivity index (χ2n) is 6.14. The topological polar surface area (TPSA) is 49.3 Å². The molecule has 1 aromatic carbocycles. The molecule has 2 N–H and O–H groups in total. The van der Waals surface area contributed by atoms with Crippen LogP contribution in [-0.2, 0) is 6.54 Å². The summed E-state index contributed by atoms with van der Waals surface area (Å²) in [5.74, 6) is 1.28. The van der Waals surface area contributed by atoms with Crippen molar-refractivity contribution in [3.63, 3.8) is 0 Å². The Morgan fingerprint density at radius 1 is 1.11 bits per heavy atom. The van der Waals surface area contributed by atoms with Crippen molar-refractivity contribution >= 4 is 41.3 Å². The van der Waals surface area contributed by atoms with Gasteiger partial charge in [0.2, 0.25) is 0 Å². The first-order chi connectivity index (χ1) is 12.8. The highest BCUT2D eigenvalue weighted by atomic mass is 127. The fraction of sp³-hybridized carbons (Fsp3) is 0.238. The summed E-state index contributed by atoms with van der Waals surface area (Å²) in [6.07, 6.45) is 1.82. The van der Waals surface area contributed by atoms with Crippen LogP contribution in [0, 0.1) is 0 Å². The zero-order chi connectivity index (χ0) is 18.2. The summed E-state index contributed by atoms with van der Waals surface area (Å²) in [4.78, 5) is 10.1. The molecule has 27 heavy (non-hydrogen) atoms. The summed E-state index contributed by atoms with van der Waals surface area (Å²) in [5, 5.41) is 8.91. The Kier molecular flexibility index (Phi) is 8.74. The molecular formula is C21H25IN4S. The molecule has 2 heterocycles. The van der Waals surface area contributed by atoms with Gasteiger partial charge in [0, 0.05) is 42.7 Å². The molecule has 4 nitrogen and oxygen atoms in total. The minimum absolute atomic E-state index is 0. The fourth-order valence-corrected chi connectivity index (χ4v) is 3.49. The molecule has 142 valence electrons. The molecule has 0 aliphatic carbocycles. The van der Waals surface area contributed by atoms with Crippen molar-refractivity contribution < 1.29 is 0 Å². The van der Waals surface area contributed by atoms with Gasteiger partial charge in [0.15, 0.2) is 5.96 Å². The molecule has 2 aromatic heterocycles. The number of halogens is 1. The van der Waals surface area contributed by atoms with Gasteiger partial charge in [0.1, 0.15) is 0 Å². The van der Waals surface area contributed by atoms with Crippen molar-refractivity contribution in [1.82, 2.24) is 15.6 Å². The first-order valence-corrected chi connectivity index (χ1v) is 9.62. The molecule has 3 aromatic rings. The van der Waals surface area contributed by atoms with Gasteiger partial charge in [0.25, 0.3) is 0 Å². The van der Waals surface area contributed by atoms with Crippen molar-refractivity contribution in [1.29, 1.82) is 0 Å². The van der Waals surface area contributed by atoms with Gasteiger partial charge in [-0.3, -0.25) is 9.98 Å². The molecule has 0 aliphatic heterocycles. The van der Waals surface area contributed by atoms with Gasteiger partial charge in [0.05, 0.1) is 5.69 Å². The summed E-state index contributed by atoms with van der Waals surface area (Å²) in [5.41, 5.74) is 3.31. The van der Waals surface area contributed by atoms with Crippen LogP contribution in [0.25, 0.3) is 11.3 Å². The number of pyridine rings is 1. The van der Waals surface area contributed by atoms with Crippen molar-refractivity contribution in [2.45, 2.75) is 19.4 Å². The molecule has 1 unspecified atom stereocenters.